The minimum atomic E-state index is -4.24. The second kappa shape index (κ2) is 11.3. The van der Waals surface area contributed by atoms with E-state index in [1.54, 1.807) is 42.5 Å². The van der Waals surface area contributed by atoms with Gasteiger partial charge in [0, 0.05) is 41.0 Å². The Kier molecular flexibility index (Phi) is 8.02. The number of rotatable bonds is 8. The molecule has 0 saturated heterocycles. The molecule has 2 N–H and O–H groups in total. The minimum Gasteiger partial charge on any atom is -0.494 e. The van der Waals surface area contributed by atoms with Gasteiger partial charge >= 0.3 is 17.9 Å². The molecule has 2 amide bonds. The summed E-state index contributed by atoms with van der Waals surface area (Å²) in [4.78, 5) is 30.7. The number of fused-ring (bicyclic) bond motifs is 2. The monoisotopic (exact) mass is 623 g/mol. The number of nitrogens with one attached hydrogen (secondary N) is 1. The maximum absolute atomic E-state index is 13.6. The maximum Gasteiger partial charge on any atom is 0.389 e. The van der Waals surface area contributed by atoms with Crippen LogP contribution in [0.1, 0.15) is 36.8 Å². The van der Waals surface area contributed by atoms with Gasteiger partial charge in [-0.3, -0.25) is 4.79 Å². The van der Waals surface area contributed by atoms with Crippen molar-refractivity contribution in [2.24, 2.45) is 10.1 Å². The molecule has 5 rings (SSSR count). The Bertz CT molecular complexity index is 1650. The fraction of sp³-hybridized carbons (Fsp3) is 0.370. The van der Waals surface area contributed by atoms with Gasteiger partial charge in [0.1, 0.15) is 11.4 Å². The van der Waals surface area contributed by atoms with E-state index in [0.717, 1.165) is 17.4 Å². The zero-order chi connectivity index (χ0) is 30.3. The van der Waals surface area contributed by atoms with Gasteiger partial charge in [-0.2, -0.15) is 13.2 Å². The third-order valence-corrected chi connectivity index (χ3v) is 8.33. The zero-order valence-electron chi connectivity index (χ0n) is 22.3. The van der Waals surface area contributed by atoms with Gasteiger partial charge < -0.3 is 14.6 Å². The first kappa shape index (κ1) is 29.9. The van der Waals surface area contributed by atoms with Gasteiger partial charge in [0.2, 0.25) is 0 Å². The average molecular weight is 624 g/mol. The SMILES string of the molecule is CS(=O)(=O)CC(=O)N=C1C2=C(C[C@]3(CCc4cc(OCCCC(F)(F)F)ccc43)NC2=O)N=[N+]1c1ccc(SO)cc1. The van der Waals surface area contributed by atoms with E-state index in [1.165, 1.54) is 4.70 Å². The van der Waals surface area contributed by atoms with Crippen LogP contribution in [0.2, 0.25) is 0 Å². The second-order valence-corrected chi connectivity index (χ2v) is 13.1. The number of amidine groups is 1. The van der Waals surface area contributed by atoms with E-state index >= 15 is 0 Å². The first-order valence-corrected chi connectivity index (χ1v) is 15.7. The molecule has 0 bridgehead atoms. The molecule has 0 saturated carbocycles. The van der Waals surface area contributed by atoms with Crippen LogP contribution in [-0.4, -0.2) is 60.1 Å². The van der Waals surface area contributed by atoms with E-state index in [1.807, 2.05) is 0 Å². The second-order valence-electron chi connectivity index (χ2n) is 10.3. The van der Waals surface area contributed by atoms with E-state index in [0.29, 0.717) is 46.9 Å². The van der Waals surface area contributed by atoms with E-state index in [-0.39, 0.29) is 30.9 Å². The van der Waals surface area contributed by atoms with Gasteiger partial charge in [-0.15, -0.1) is 0 Å². The topological polar surface area (TPSA) is 138 Å². The lowest BCUT2D eigenvalue weighted by Crippen LogP contribution is -2.49. The maximum atomic E-state index is 13.6. The van der Waals surface area contributed by atoms with Crippen LogP contribution in [-0.2, 0) is 31.4 Å². The number of sulfone groups is 1. The fourth-order valence-electron chi connectivity index (χ4n) is 5.32. The zero-order valence-corrected chi connectivity index (χ0v) is 23.9. The molecule has 0 aromatic heterocycles. The molecule has 1 spiro atoms. The lowest BCUT2D eigenvalue weighted by Gasteiger charge is -2.34. The van der Waals surface area contributed by atoms with Crippen molar-refractivity contribution in [3.8, 4) is 5.75 Å². The summed E-state index contributed by atoms with van der Waals surface area (Å²) in [6, 6.07) is 11.7. The molecule has 0 radical (unpaired) electrons. The molecule has 0 unspecified atom stereocenters. The van der Waals surface area contributed by atoms with Crippen molar-refractivity contribution in [1.82, 2.24) is 5.32 Å². The Morgan fingerprint density at radius 2 is 1.98 bits per heavy atom. The number of carbonyl (C=O) groups excluding carboxylic acids is 2. The number of hydrogen-bond donors (Lipinski definition) is 2. The summed E-state index contributed by atoms with van der Waals surface area (Å²) in [5.74, 6) is -1.99. The Labute approximate surface area is 243 Å². The smallest absolute Gasteiger partial charge is 0.389 e. The van der Waals surface area contributed by atoms with Crippen LogP contribution >= 0.6 is 12.0 Å². The van der Waals surface area contributed by atoms with Gasteiger partial charge in [0.05, 0.1) is 12.1 Å². The molecular weight excluding hydrogens is 597 g/mol. The summed E-state index contributed by atoms with van der Waals surface area (Å²) in [7, 11) is -3.68. The van der Waals surface area contributed by atoms with Crippen molar-refractivity contribution in [2.45, 2.75) is 48.7 Å². The molecule has 2 heterocycles. The highest BCUT2D eigenvalue weighted by Gasteiger charge is 2.51. The Hall–Kier alpha value is -3.56. The standard InChI is InChI=1S/C27H25F3N4O6S2/c1-42(38,39)15-22(35)31-24-23-21(33-34(24)17-3-6-19(41-37)7-4-17)14-26(32-25(23)36)11-9-16-13-18(5-8-20(16)26)40-12-2-10-27(28,29)30/h3-8,13H,2,9-12,14-15H2,1H3,(H-,32,36,37)/p+1/t26-/m0/s1. The molecule has 2 aromatic rings. The van der Waals surface area contributed by atoms with E-state index in [4.69, 9.17) is 4.74 Å². The number of aryl methyl sites for hydroxylation is 1. The van der Waals surface area contributed by atoms with E-state index in [9.17, 15) is 35.7 Å². The van der Waals surface area contributed by atoms with Crippen LogP contribution in [0, 0.1) is 0 Å². The van der Waals surface area contributed by atoms with Crippen LogP contribution < -0.4 is 10.1 Å². The summed E-state index contributed by atoms with van der Waals surface area (Å²) in [6.07, 6.45) is -3.06. The number of nitrogens with zero attached hydrogens (tertiary/aromatic N) is 3. The highest BCUT2D eigenvalue weighted by Crippen LogP contribution is 2.47. The first-order valence-electron chi connectivity index (χ1n) is 12.9. The van der Waals surface area contributed by atoms with Crippen LogP contribution in [0.15, 0.2) is 68.7 Å². The molecule has 0 fully saturated rings. The normalized spacial score (nSPS) is 20.9. The number of azo groups is 2. The van der Waals surface area contributed by atoms with Gasteiger partial charge in [0.15, 0.2) is 26.9 Å². The number of ether oxygens (including phenoxy) is 1. The van der Waals surface area contributed by atoms with Gasteiger partial charge in [0.25, 0.3) is 5.91 Å². The number of amides is 2. The molecule has 1 aliphatic carbocycles. The van der Waals surface area contributed by atoms with Crippen molar-refractivity contribution < 1.29 is 45.2 Å². The summed E-state index contributed by atoms with van der Waals surface area (Å²) in [5.41, 5.74) is 1.76. The van der Waals surface area contributed by atoms with Crippen LogP contribution in [0.5, 0.6) is 5.75 Å². The Morgan fingerprint density at radius 3 is 2.64 bits per heavy atom. The van der Waals surface area contributed by atoms with Gasteiger partial charge in [-0.1, -0.05) is 15.9 Å². The molecule has 1 atom stereocenters. The lowest BCUT2D eigenvalue weighted by atomic mass is 9.82. The minimum absolute atomic E-state index is 0.0566. The number of carbonyl (C=O) groups is 2. The third-order valence-electron chi connectivity index (χ3n) is 7.07. The fourth-order valence-corrected chi connectivity index (χ4v) is 6.09. The number of aliphatic imine (C=N–C) groups is 1. The van der Waals surface area contributed by atoms with Crippen molar-refractivity contribution in [2.75, 3.05) is 18.6 Å². The third kappa shape index (κ3) is 6.42. The lowest BCUT2D eigenvalue weighted by molar-refractivity contribution is -0.381. The molecule has 222 valence electrons. The number of hydrogen-bond acceptors (Lipinski definition) is 8. The quantitative estimate of drug-likeness (QED) is 0.248. The molecule has 15 heteroatoms. The number of halogens is 3. The molecule has 2 aromatic carbocycles. The van der Waals surface area contributed by atoms with E-state index in [2.05, 4.69) is 15.4 Å². The molecule has 2 aliphatic heterocycles. The van der Waals surface area contributed by atoms with Gasteiger partial charge in [-0.25, -0.2) is 13.2 Å². The van der Waals surface area contributed by atoms with Crippen molar-refractivity contribution >= 4 is 45.2 Å². The van der Waals surface area contributed by atoms with Crippen molar-refractivity contribution in [1.29, 1.82) is 0 Å². The Balaban J connectivity index is 1.45. The molecule has 3 aliphatic rings. The molecule has 42 heavy (non-hydrogen) atoms. The predicted molar refractivity (Wildman–Crippen MR) is 146 cm³/mol. The highest BCUT2D eigenvalue weighted by molar-refractivity contribution is 7.93. The Morgan fingerprint density at radius 1 is 1.24 bits per heavy atom. The number of alkyl halides is 3. The van der Waals surface area contributed by atoms with E-state index < -0.39 is 45.5 Å². The van der Waals surface area contributed by atoms with Crippen molar-refractivity contribution in [3.63, 3.8) is 0 Å². The van der Waals surface area contributed by atoms with Crippen molar-refractivity contribution in [3.05, 3.63) is 64.9 Å². The molecule has 10 nitrogen and oxygen atoms in total. The van der Waals surface area contributed by atoms with Crippen LogP contribution in [0.4, 0.5) is 18.9 Å². The number of benzene rings is 2. The summed E-state index contributed by atoms with van der Waals surface area (Å²) >= 11 is 0.543. The first-order chi connectivity index (χ1) is 19.8. The highest BCUT2D eigenvalue weighted by atomic mass is 32.2. The van der Waals surface area contributed by atoms with Crippen LogP contribution in [0.25, 0.3) is 0 Å². The summed E-state index contributed by atoms with van der Waals surface area (Å²) < 4.78 is 76.9. The molecular formula is C27H26F3N4O6S2+. The summed E-state index contributed by atoms with van der Waals surface area (Å²) in [6.45, 7) is -0.0801. The van der Waals surface area contributed by atoms with Gasteiger partial charge in [-0.05, 0) is 66.8 Å². The van der Waals surface area contributed by atoms with Crippen LogP contribution in [0.3, 0.4) is 0 Å². The average Bonchev–Trinajstić information content (AvgIpc) is 3.43. The largest absolute Gasteiger partial charge is 0.494 e. The predicted octanol–water partition coefficient (Wildman–Crippen LogP) is 4.67. The summed E-state index contributed by atoms with van der Waals surface area (Å²) in [5, 5.41) is 7.68.